The molecule has 1 N–H and O–H groups in total. The van der Waals surface area contributed by atoms with Gasteiger partial charge in [0.25, 0.3) is 0 Å². The minimum absolute atomic E-state index is 0.869. The predicted octanol–water partition coefficient (Wildman–Crippen LogP) is 2.30. The zero-order valence-corrected chi connectivity index (χ0v) is 7.82. The predicted molar refractivity (Wildman–Crippen MR) is 47.4 cm³/mol. The zero-order chi connectivity index (χ0) is 7.68. The largest absolute Gasteiger partial charge is 0.344 e. The summed E-state index contributed by atoms with van der Waals surface area (Å²) in [4.78, 5) is 12.2. The fourth-order valence-corrected chi connectivity index (χ4v) is 1.99. The molecule has 2 rings (SSSR count). The van der Waals surface area contributed by atoms with Crippen molar-refractivity contribution in [2.75, 3.05) is 0 Å². The Balaban J connectivity index is 2.45. The van der Waals surface area contributed by atoms with Gasteiger partial charge in [-0.15, -0.1) is 11.3 Å². The van der Waals surface area contributed by atoms with Crippen molar-refractivity contribution in [3.8, 4) is 10.7 Å². The summed E-state index contributed by atoms with van der Waals surface area (Å²) < 4.78 is 0.879. The number of halogens is 1. The average molecular weight is 230 g/mol. The Bertz CT molecular complexity index is 340. The summed E-state index contributed by atoms with van der Waals surface area (Å²) in [6, 6.07) is 0. The Morgan fingerprint density at radius 1 is 1.45 bits per heavy atom. The Morgan fingerprint density at radius 2 is 2.36 bits per heavy atom. The van der Waals surface area contributed by atoms with E-state index >= 15 is 0 Å². The Hall–Kier alpha value is -0.680. The van der Waals surface area contributed by atoms with Crippen LogP contribution in [-0.2, 0) is 0 Å². The molecule has 0 aliphatic rings. The maximum absolute atomic E-state index is 4.09. The molecular formula is C6H4BrN3S. The molecule has 0 radical (unpaired) electrons. The molecule has 0 saturated carbocycles. The third-order valence-electron chi connectivity index (χ3n) is 1.21. The van der Waals surface area contributed by atoms with E-state index in [4.69, 9.17) is 0 Å². The molecule has 0 amide bonds. The second-order valence-electron chi connectivity index (χ2n) is 1.92. The highest BCUT2D eigenvalue weighted by atomic mass is 79.9. The number of rotatable bonds is 1. The van der Waals surface area contributed by atoms with Crippen LogP contribution in [0.2, 0.25) is 0 Å². The van der Waals surface area contributed by atoms with E-state index in [1.165, 1.54) is 0 Å². The smallest absolute Gasteiger partial charge is 0.159 e. The van der Waals surface area contributed by atoms with Gasteiger partial charge >= 0.3 is 0 Å². The van der Waals surface area contributed by atoms with Crippen molar-refractivity contribution in [1.82, 2.24) is 15.0 Å². The van der Waals surface area contributed by atoms with E-state index in [2.05, 4.69) is 30.9 Å². The van der Waals surface area contributed by atoms with Crippen molar-refractivity contribution in [3.63, 3.8) is 0 Å². The van der Waals surface area contributed by atoms with Gasteiger partial charge in [-0.2, -0.15) is 0 Å². The fraction of sp³-hybridized carbons (Fsp3) is 0. The lowest BCUT2D eigenvalue weighted by Crippen LogP contribution is -1.71. The van der Waals surface area contributed by atoms with Gasteiger partial charge in [-0.25, -0.2) is 9.97 Å². The van der Waals surface area contributed by atoms with Crippen molar-refractivity contribution in [2.24, 2.45) is 0 Å². The summed E-state index contributed by atoms with van der Waals surface area (Å²) in [6.07, 6.45) is 5.31. The lowest BCUT2D eigenvalue weighted by atomic mass is 10.5. The summed E-state index contributed by atoms with van der Waals surface area (Å²) >= 11 is 4.84. The third kappa shape index (κ3) is 1.34. The SMILES string of the molecule is Brc1ncc(-c2ncc[nH]2)s1. The molecule has 5 heteroatoms. The van der Waals surface area contributed by atoms with Gasteiger partial charge in [0.05, 0.1) is 11.1 Å². The van der Waals surface area contributed by atoms with Crippen molar-refractivity contribution in [3.05, 3.63) is 22.5 Å². The van der Waals surface area contributed by atoms with Gasteiger partial charge in [0, 0.05) is 12.4 Å². The minimum atomic E-state index is 0.869. The Kier molecular flexibility index (Phi) is 1.75. The molecule has 0 saturated heterocycles. The maximum Gasteiger partial charge on any atom is 0.159 e. The first-order valence-corrected chi connectivity index (χ1v) is 4.58. The highest BCUT2D eigenvalue weighted by molar-refractivity contribution is 9.11. The molecule has 11 heavy (non-hydrogen) atoms. The van der Waals surface area contributed by atoms with Gasteiger partial charge < -0.3 is 4.98 Å². The number of imidazole rings is 1. The molecule has 0 aromatic carbocycles. The van der Waals surface area contributed by atoms with E-state index in [1.807, 2.05) is 0 Å². The highest BCUT2D eigenvalue weighted by Gasteiger charge is 2.02. The van der Waals surface area contributed by atoms with Crippen molar-refractivity contribution in [2.45, 2.75) is 0 Å². The number of aromatic amines is 1. The van der Waals surface area contributed by atoms with E-state index in [0.29, 0.717) is 0 Å². The van der Waals surface area contributed by atoms with E-state index in [9.17, 15) is 0 Å². The molecule has 2 aromatic rings. The van der Waals surface area contributed by atoms with Gasteiger partial charge in [0.2, 0.25) is 0 Å². The molecular weight excluding hydrogens is 226 g/mol. The number of hydrogen-bond acceptors (Lipinski definition) is 3. The summed E-state index contributed by atoms with van der Waals surface area (Å²) in [5.74, 6) is 0.869. The van der Waals surface area contributed by atoms with E-state index in [-0.39, 0.29) is 0 Å². The van der Waals surface area contributed by atoms with Crippen LogP contribution in [0, 0.1) is 0 Å². The highest BCUT2D eigenvalue weighted by Crippen LogP contribution is 2.25. The standard InChI is InChI=1S/C6H4BrN3S/c7-6-10-3-4(11-6)5-8-1-2-9-5/h1-3H,(H,8,9). The van der Waals surface area contributed by atoms with E-state index in [0.717, 1.165) is 14.6 Å². The second-order valence-corrected chi connectivity index (χ2v) is 4.22. The first-order valence-electron chi connectivity index (χ1n) is 2.97. The van der Waals surface area contributed by atoms with Gasteiger partial charge in [-0.05, 0) is 15.9 Å². The third-order valence-corrected chi connectivity index (χ3v) is 2.69. The van der Waals surface area contributed by atoms with E-state index in [1.54, 1.807) is 29.9 Å². The minimum Gasteiger partial charge on any atom is -0.344 e. The number of aromatic nitrogens is 3. The molecule has 2 heterocycles. The van der Waals surface area contributed by atoms with Crippen LogP contribution in [0.5, 0.6) is 0 Å². The molecule has 0 spiro atoms. The van der Waals surface area contributed by atoms with Crippen molar-refractivity contribution < 1.29 is 0 Å². The second kappa shape index (κ2) is 2.75. The zero-order valence-electron chi connectivity index (χ0n) is 5.41. The topological polar surface area (TPSA) is 41.6 Å². The van der Waals surface area contributed by atoms with Crippen LogP contribution >= 0.6 is 27.3 Å². The first-order chi connectivity index (χ1) is 5.36. The van der Waals surface area contributed by atoms with Crippen molar-refractivity contribution in [1.29, 1.82) is 0 Å². The lowest BCUT2D eigenvalue weighted by molar-refractivity contribution is 1.31. The first kappa shape index (κ1) is 7.00. The summed E-state index contributed by atoms with van der Waals surface area (Å²) in [5, 5.41) is 0. The number of thiazole rings is 1. The van der Waals surface area contributed by atoms with Gasteiger partial charge in [-0.3, -0.25) is 0 Å². The summed E-state index contributed by atoms with van der Waals surface area (Å²) in [5.41, 5.74) is 0. The molecule has 0 fully saturated rings. The number of nitrogens with zero attached hydrogens (tertiary/aromatic N) is 2. The number of nitrogens with one attached hydrogen (secondary N) is 1. The number of H-pyrrole nitrogens is 1. The molecule has 2 aromatic heterocycles. The lowest BCUT2D eigenvalue weighted by Gasteiger charge is -1.84. The van der Waals surface area contributed by atoms with Gasteiger partial charge in [0.1, 0.15) is 5.82 Å². The Morgan fingerprint density at radius 3 is 2.91 bits per heavy atom. The molecule has 0 aliphatic heterocycles. The maximum atomic E-state index is 4.09. The molecule has 56 valence electrons. The summed E-state index contributed by atoms with van der Waals surface area (Å²) in [6.45, 7) is 0. The van der Waals surface area contributed by atoms with Crippen LogP contribution in [0.15, 0.2) is 22.5 Å². The Labute approximate surface area is 75.6 Å². The van der Waals surface area contributed by atoms with Gasteiger partial charge in [-0.1, -0.05) is 0 Å². The normalized spacial score (nSPS) is 10.3. The molecule has 3 nitrogen and oxygen atoms in total. The van der Waals surface area contributed by atoms with Crippen LogP contribution in [0.25, 0.3) is 10.7 Å². The van der Waals surface area contributed by atoms with Crippen LogP contribution in [-0.4, -0.2) is 15.0 Å². The number of hydrogen-bond donors (Lipinski definition) is 1. The molecule has 0 aliphatic carbocycles. The van der Waals surface area contributed by atoms with Crippen LogP contribution in [0.4, 0.5) is 0 Å². The van der Waals surface area contributed by atoms with Gasteiger partial charge in [0.15, 0.2) is 3.92 Å². The molecule has 0 bridgehead atoms. The molecule has 0 unspecified atom stereocenters. The van der Waals surface area contributed by atoms with E-state index < -0.39 is 0 Å². The van der Waals surface area contributed by atoms with Crippen LogP contribution < -0.4 is 0 Å². The average Bonchev–Trinajstić information content (AvgIpc) is 2.55. The van der Waals surface area contributed by atoms with Crippen molar-refractivity contribution >= 4 is 27.3 Å². The van der Waals surface area contributed by atoms with Crippen LogP contribution in [0.3, 0.4) is 0 Å². The molecule has 0 atom stereocenters. The quantitative estimate of drug-likeness (QED) is 0.816. The van der Waals surface area contributed by atoms with Crippen LogP contribution in [0.1, 0.15) is 0 Å². The fourth-order valence-electron chi connectivity index (χ4n) is 0.762. The monoisotopic (exact) mass is 229 g/mol. The summed E-state index contributed by atoms with van der Waals surface area (Å²) in [7, 11) is 0.